The Bertz CT molecular complexity index is 887. The number of aromatic amines is 1. The van der Waals surface area contributed by atoms with Gasteiger partial charge in [0.25, 0.3) is 0 Å². The van der Waals surface area contributed by atoms with Crippen molar-refractivity contribution in [1.29, 1.82) is 0 Å². The molecule has 2 aromatic rings. The largest absolute Gasteiger partial charge is 0.493 e. The number of amides is 1. The van der Waals surface area contributed by atoms with Crippen molar-refractivity contribution in [2.24, 2.45) is 5.92 Å². The standard InChI is InChI=1S/C21H26N2O5/c1-14(2)13-28-20-12-22-16(10-17(20)24)11-23-21(25)8-6-15-5-7-18(26-3)19(9-15)27-4/h5-10,12,14H,11,13H2,1-4H3,(H,22,24)(H,23,25)/b8-6+. The highest BCUT2D eigenvalue weighted by atomic mass is 16.5. The number of H-pyrrole nitrogens is 1. The van der Waals surface area contributed by atoms with Crippen molar-refractivity contribution in [3.63, 3.8) is 0 Å². The van der Waals surface area contributed by atoms with Crippen LogP contribution in [-0.2, 0) is 11.3 Å². The number of pyridine rings is 1. The number of hydrogen-bond donors (Lipinski definition) is 2. The third-order valence-electron chi connectivity index (χ3n) is 3.80. The van der Waals surface area contributed by atoms with Gasteiger partial charge in [-0.15, -0.1) is 0 Å². The van der Waals surface area contributed by atoms with Gasteiger partial charge in [-0.25, -0.2) is 0 Å². The van der Waals surface area contributed by atoms with E-state index in [4.69, 9.17) is 14.2 Å². The third-order valence-corrected chi connectivity index (χ3v) is 3.80. The summed E-state index contributed by atoms with van der Waals surface area (Å²) >= 11 is 0. The second-order valence-corrected chi connectivity index (χ2v) is 6.56. The fraction of sp³-hybridized carbons (Fsp3) is 0.333. The van der Waals surface area contributed by atoms with Gasteiger partial charge in [0.15, 0.2) is 17.2 Å². The average molecular weight is 386 g/mol. The van der Waals surface area contributed by atoms with Crippen molar-refractivity contribution in [3.8, 4) is 17.2 Å². The van der Waals surface area contributed by atoms with E-state index in [-0.39, 0.29) is 23.6 Å². The molecule has 0 bridgehead atoms. The van der Waals surface area contributed by atoms with Crippen LogP contribution in [0, 0.1) is 5.92 Å². The minimum atomic E-state index is -0.282. The van der Waals surface area contributed by atoms with Crippen molar-refractivity contribution in [2.45, 2.75) is 20.4 Å². The topological polar surface area (TPSA) is 89.6 Å². The zero-order valence-electron chi connectivity index (χ0n) is 16.6. The van der Waals surface area contributed by atoms with E-state index >= 15 is 0 Å². The first-order chi connectivity index (χ1) is 13.4. The van der Waals surface area contributed by atoms with E-state index in [0.717, 1.165) is 5.56 Å². The van der Waals surface area contributed by atoms with Gasteiger partial charge >= 0.3 is 0 Å². The van der Waals surface area contributed by atoms with Crippen molar-refractivity contribution in [3.05, 3.63) is 58.0 Å². The summed E-state index contributed by atoms with van der Waals surface area (Å²) in [7, 11) is 3.12. The molecule has 0 saturated carbocycles. The van der Waals surface area contributed by atoms with E-state index in [1.54, 1.807) is 32.4 Å². The first-order valence-electron chi connectivity index (χ1n) is 8.95. The van der Waals surface area contributed by atoms with Gasteiger partial charge in [-0.3, -0.25) is 9.59 Å². The fourth-order valence-corrected chi connectivity index (χ4v) is 2.34. The maximum absolute atomic E-state index is 12.0. The van der Waals surface area contributed by atoms with Crippen LogP contribution in [0.15, 0.2) is 41.3 Å². The van der Waals surface area contributed by atoms with Gasteiger partial charge in [0, 0.05) is 24.0 Å². The van der Waals surface area contributed by atoms with Gasteiger partial charge in [0.1, 0.15) is 0 Å². The lowest BCUT2D eigenvalue weighted by molar-refractivity contribution is -0.116. The van der Waals surface area contributed by atoms with Crippen molar-refractivity contribution in [2.75, 3.05) is 20.8 Å². The summed E-state index contributed by atoms with van der Waals surface area (Å²) in [5, 5.41) is 2.72. The predicted molar refractivity (Wildman–Crippen MR) is 108 cm³/mol. The van der Waals surface area contributed by atoms with Crippen LogP contribution >= 0.6 is 0 Å². The molecule has 0 radical (unpaired) electrons. The molecule has 0 spiro atoms. The average Bonchev–Trinajstić information content (AvgIpc) is 2.69. The number of hydrogen-bond acceptors (Lipinski definition) is 5. The van der Waals surface area contributed by atoms with E-state index in [9.17, 15) is 9.59 Å². The number of methoxy groups -OCH3 is 2. The molecule has 1 aromatic heterocycles. The Kier molecular flexibility index (Phi) is 7.68. The Morgan fingerprint density at radius 2 is 1.89 bits per heavy atom. The maximum atomic E-state index is 12.0. The molecular weight excluding hydrogens is 360 g/mol. The number of carbonyl (C=O) groups excluding carboxylic acids is 1. The van der Waals surface area contributed by atoms with Crippen LogP contribution in [0.5, 0.6) is 17.2 Å². The van der Waals surface area contributed by atoms with Crippen molar-refractivity contribution < 1.29 is 19.0 Å². The van der Waals surface area contributed by atoms with E-state index < -0.39 is 0 Å². The monoisotopic (exact) mass is 386 g/mol. The SMILES string of the molecule is COc1ccc(/C=C/C(=O)NCc2cc(=O)c(OCC(C)C)c[nH]2)cc1OC. The van der Waals surface area contributed by atoms with Crippen LogP contribution in [0.25, 0.3) is 6.08 Å². The number of ether oxygens (including phenoxy) is 3. The molecule has 0 aliphatic heterocycles. The lowest BCUT2D eigenvalue weighted by atomic mass is 10.2. The highest BCUT2D eigenvalue weighted by molar-refractivity contribution is 5.91. The van der Waals surface area contributed by atoms with E-state index in [1.165, 1.54) is 18.3 Å². The normalized spacial score (nSPS) is 10.9. The molecule has 7 nitrogen and oxygen atoms in total. The van der Waals surface area contributed by atoms with Gasteiger partial charge < -0.3 is 24.5 Å². The molecule has 2 N–H and O–H groups in total. The summed E-state index contributed by atoms with van der Waals surface area (Å²) in [5.74, 6) is 1.53. The molecule has 0 fully saturated rings. The number of rotatable bonds is 9. The van der Waals surface area contributed by atoms with Gasteiger partial charge in [0.2, 0.25) is 11.3 Å². The van der Waals surface area contributed by atoms with Gasteiger partial charge in [0.05, 0.1) is 27.4 Å². The van der Waals surface area contributed by atoms with E-state index in [0.29, 0.717) is 29.7 Å². The molecule has 1 heterocycles. The van der Waals surface area contributed by atoms with Crippen LogP contribution in [0.4, 0.5) is 0 Å². The van der Waals surface area contributed by atoms with Crippen molar-refractivity contribution >= 4 is 12.0 Å². The Hall–Kier alpha value is -3.22. The van der Waals surface area contributed by atoms with Crippen LogP contribution in [0.3, 0.4) is 0 Å². The number of nitrogens with one attached hydrogen (secondary N) is 2. The van der Waals surface area contributed by atoms with E-state index in [2.05, 4.69) is 10.3 Å². The molecule has 28 heavy (non-hydrogen) atoms. The van der Waals surface area contributed by atoms with E-state index in [1.807, 2.05) is 19.9 Å². The summed E-state index contributed by atoms with van der Waals surface area (Å²) in [6, 6.07) is 6.78. The quantitative estimate of drug-likeness (QED) is 0.647. The zero-order valence-corrected chi connectivity index (χ0v) is 16.6. The highest BCUT2D eigenvalue weighted by Gasteiger charge is 2.06. The van der Waals surface area contributed by atoms with Crippen LogP contribution < -0.4 is 25.0 Å². The fourth-order valence-electron chi connectivity index (χ4n) is 2.34. The Balaban J connectivity index is 1.92. The molecule has 1 aromatic carbocycles. The molecule has 0 atom stereocenters. The lowest BCUT2D eigenvalue weighted by Crippen LogP contribution is -2.22. The van der Waals surface area contributed by atoms with Crippen LogP contribution in [-0.4, -0.2) is 31.7 Å². The second-order valence-electron chi connectivity index (χ2n) is 6.56. The summed E-state index contributed by atoms with van der Waals surface area (Å²) in [6.07, 6.45) is 4.61. The molecular formula is C21H26N2O5. The first kappa shape index (κ1) is 21.1. The molecule has 0 aliphatic carbocycles. The first-order valence-corrected chi connectivity index (χ1v) is 8.95. The molecule has 0 aliphatic rings. The number of carbonyl (C=O) groups is 1. The number of aromatic nitrogens is 1. The summed E-state index contributed by atoms with van der Waals surface area (Å²) in [4.78, 5) is 27.0. The predicted octanol–water partition coefficient (Wildman–Crippen LogP) is 2.76. The molecule has 7 heteroatoms. The molecule has 0 saturated heterocycles. The summed E-state index contributed by atoms with van der Waals surface area (Å²) < 4.78 is 15.9. The minimum absolute atomic E-state index is 0.203. The molecule has 2 rings (SSSR count). The maximum Gasteiger partial charge on any atom is 0.244 e. The molecule has 150 valence electrons. The minimum Gasteiger partial charge on any atom is -0.493 e. The second kappa shape index (κ2) is 10.2. The summed E-state index contributed by atoms with van der Waals surface area (Å²) in [6.45, 7) is 4.69. The van der Waals surface area contributed by atoms with Gasteiger partial charge in [-0.1, -0.05) is 19.9 Å². The molecule has 1 amide bonds. The Labute approximate surface area is 164 Å². The zero-order chi connectivity index (χ0) is 20.5. The number of benzene rings is 1. The third kappa shape index (κ3) is 6.19. The molecule has 0 unspecified atom stereocenters. The van der Waals surface area contributed by atoms with Crippen molar-refractivity contribution in [1.82, 2.24) is 10.3 Å². The summed E-state index contributed by atoms with van der Waals surface area (Å²) in [5.41, 5.74) is 1.17. The van der Waals surface area contributed by atoms with Gasteiger partial charge in [-0.05, 0) is 29.7 Å². The Morgan fingerprint density at radius 1 is 1.14 bits per heavy atom. The van der Waals surface area contributed by atoms with Crippen LogP contribution in [0.1, 0.15) is 25.1 Å². The smallest absolute Gasteiger partial charge is 0.244 e. The highest BCUT2D eigenvalue weighted by Crippen LogP contribution is 2.27. The van der Waals surface area contributed by atoms with Crippen LogP contribution in [0.2, 0.25) is 0 Å². The Morgan fingerprint density at radius 3 is 2.54 bits per heavy atom. The van der Waals surface area contributed by atoms with Gasteiger partial charge in [-0.2, -0.15) is 0 Å². The lowest BCUT2D eigenvalue weighted by Gasteiger charge is -2.09.